The van der Waals surface area contributed by atoms with Gasteiger partial charge in [0.2, 0.25) is 0 Å². The summed E-state index contributed by atoms with van der Waals surface area (Å²) >= 11 is 12.0. The maximum Gasteiger partial charge on any atom is 0.173 e. The molecule has 0 fully saturated rings. The highest BCUT2D eigenvalue weighted by Crippen LogP contribution is 2.25. The largest absolute Gasteiger partial charge is 0.341 e. The van der Waals surface area contributed by atoms with Crippen molar-refractivity contribution in [2.45, 2.75) is 19.9 Å². The van der Waals surface area contributed by atoms with Gasteiger partial charge in [0, 0.05) is 36.2 Å². The van der Waals surface area contributed by atoms with Gasteiger partial charge in [0.25, 0.3) is 0 Å². The minimum Gasteiger partial charge on any atom is -0.341 e. The van der Waals surface area contributed by atoms with Crippen LogP contribution in [0.15, 0.2) is 42.7 Å². The molecule has 134 valence electrons. The summed E-state index contributed by atoms with van der Waals surface area (Å²) in [6.45, 7) is 5.88. The first kappa shape index (κ1) is 19.6. The van der Waals surface area contributed by atoms with E-state index < -0.39 is 0 Å². The monoisotopic (exact) mass is 376 g/mol. The highest BCUT2D eigenvalue weighted by Gasteiger charge is 2.19. The van der Waals surface area contributed by atoms with Crippen LogP contribution in [0.25, 0.3) is 0 Å². The molecule has 0 saturated carbocycles. The Labute approximate surface area is 160 Å². The average molecular weight is 377 g/mol. The van der Waals surface area contributed by atoms with E-state index in [0.717, 1.165) is 29.4 Å². The number of rotatable bonds is 6. The minimum atomic E-state index is 0.141. The fourth-order valence-corrected chi connectivity index (χ4v) is 3.06. The van der Waals surface area contributed by atoms with Crippen LogP contribution in [0.5, 0.6) is 0 Å². The van der Waals surface area contributed by atoms with Gasteiger partial charge in [-0.05, 0) is 75.6 Å². The molecule has 1 N–H and O–H groups in total. The fourth-order valence-electron chi connectivity index (χ4n) is 2.53. The summed E-state index contributed by atoms with van der Waals surface area (Å²) in [5, 5.41) is 4.79. The van der Waals surface area contributed by atoms with Crippen molar-refractivity contribution in [2.24, 2.45) is 0 Å². The van der Waals surface area contributed by atoms with Gasteiger partial charge in [-0.3, -0.25) is 4.98 Å². The molecule has 6 heteroatoms. The number of thiocarbonyl (C=S) groups is 1. The van der Waals surface area contributed by atoms with E-state index in [0.29, 0.717) is 5.11 Å². The van der Waals surface area contributed by atoms with Crippen LogP contribution in [0.2, 0.25) is 5.02 Å². The minimum absolute atomic E-state index is 0.141. The van der Waals surface area contributed by atoms with Crippen molar-refractivity contribution in [1.29, 1.82) is 0 Å². The Morgan fingerprint density at radius 2 is 1.88 bits per heavy atom. The van der Waals surface area contributed by atoms with Crippen LogP contribution in [0, 0.1) is 6.92 Å². The molecule has 0 radical (unpaired) electrons. The summed E-state index contributed by atoms with van der Waals surface area (Å²) < 4.78 is 0. The van der Waals surface area contributed by atoms with E-state index in [-0.39, 0.29) is 6.04 Å². The molecule has 1 atom stereocenters. The van der Waals surface area contributed by atoms with E-state index in [1.165, 1.54) is 5.56 Å². The number of aromatic nitrogens is 1. The van der Waals surface area contributed by atoms with Gasteiger partial charge in [-0.1, -0.05) is 17.7 Å². The maximum absolute atomic E-state index is 6.23. The molecule has 0 saturated heterocycles. The van der Waals surface area contributed by atoms with Crippen molar-refractivity contribution < 1.29 is 0 Å². The van der Waals surface area contributed by atoms with Crippen molar-refractivity contribution in [3.05, 3.63) is 58.9 Å². The summed E-state index contributed by atoms with van der Waals surface area (Å²) in [7, 11) is 4.12. The predicted molar refractivity (Wildman–Crippen MR) is 110 cm³/mol. The first-order chi connectivity index (χ1) is 11.9. The van der Waals surface area contributed by atoms with Crippen LogP contribution in [0.4, 0.5) is 5.69 Å². The zero-order chi connectivity index (χ0) is 18.4. The van der Waals surface area contributed by atoms with E-state index in [1.807, 2.05) is 49.6 Å². The zero-order valence-electron chi connectivity index (χ0n) is 15.2. The zero-order valence-corrected chi connectivity index (χ0v) is 16.7. The molecule has 1 heterocycles. The fraction of sp³-hybridized carbons (Fsp3) is 0.368. The Morgan fingerprint density at radius 3 is 2.52 bits per heavy atom. The van der Waals surface area contributed by atoms with Gasteiger partial charge in [0.15, 0.2) is 5.11 Å². The van der Waals surface area contributed by atoms with Crippen LogP contribution in [-0.4, -0.2) is 47.1 Å². The van der Waals surface area contributed by atoms with Gasteiger partial charge in [0.1, 0.15) is 0 Å². The lowest BCUT2D eigenvalue weighted by Crippen LogP contribution is -2.41. The van der Waals surface area contributed by atoms with Crippen LogP contribution in [0.3, 0.4) is 0 Å². The Bertz CT molecular complexity index is 706. The Balaban J connectivity index is 2.21. The number of anilines is 1. The molecular formula is C19H25ClN4S. The van der Waals surface area contributed by atoms with Gasteiger partial charge in [-0.2, -0.15) is 0 Å². The summed E-state index contributed by atoms with van der Waals surface area (Å²) in [5.41, 5.74) is 3.12. The highest BCUT2D eigenvalue weighted by molar-refractivity contribution is 7.80. The third-order valence-electron chi connectivity index (χ3n) is 4.21. The molecule has 1 aromatic carbocycles. The van der Waals surface area contributed by atoms with Gasteiger partial charge in [-0.25, -0.2) is 0 Å². The lowest BCUT2D eigenvalue weighted by Gasteiger charge is -2.33. The summed E-state index contributed by atoms with van der Waals surface area (Å²) in [6, 6.07) is 10.0. The molecule has 0 aliphatic rings. The molecule has 2 aromatic rings. The number of nitrogens with zero attached hydrogens (tertiary/aromatic N) is 3. The molecular weight excluding hydrogens is 352 g/mol. The number of hydrogen-bond donors (Lipinski definition) is 1. The molecule has 0 aliphatic carbocycles. The third kappa shape index (κ3) is 5.39. The molecule has 25 heavy (non-hydrogen) atoms. The number of halogens is 1. The molecule has 1 aromatic heterocycles. The second-order valence-electron chi connectivity index (χ2n) is 6.30. The van der Waals surface area contributed by atoms with E-state index in [2.05, 4.69) is 41.1 Å². The second kappa shape index (κ2) is 9.13. The molecule has 0 unspecified atom stereocenters. The Kier molecular flexibility index (Phi) is 7.17. The van der Waals surface area contributed by atoms with Gasteiger partial charge < -0.3 is 15.1 Å². The molecule has 4 nitrogen and oxygen atoms in total. The lowest BCUT2D eigenvalue weighted by molar-refractivity contribution is 0.289. The van der Waals surface area contributed by atoms with Crippen molar-refractivity contribution in [2.75, 3.05) is 32.5 Å². The normalized spacial score (nSPS) is 12.1. The molecule has 0 aliphatic heterocycles. The third-order valence-corrected chi connectivity index (χ3v) is 4.96. The van der Waals surface area contributed by atoms with Crippen LogP contribution in [0.1, 0.15) is 24.1 Å². The maximum atomic E-state index is 6.23. The number of likely N-dealkylation sites (N-methyl/N-ethyl adjacent to an activating group) is 1. The van der Waals surface area contributed by atoms with Crippen LogP contribution in [-0.2, 0) is 0 Å². The Hall–Kier alpha value is -1.69. The standard InChI is InChI=1S/C19H25ClN4S/c1-14-17(20)6-5-7-18(14)22-19(25)24(13-12-23(3)4)15(2)16-8-10-21-11-9-16/h5-11,15H,12-13H2,1-4H3,(H,22,25)/t15-/m1/s1. The number of nitrogens with one attached hydrogen (secondary N) is 1. The van der Waals surface area contributed by atoms with E-state index in [4.69, 9.17) is 23.8 Å². The van der Waals surface area contributed by atoms with E-state index >= 15 is 0 Å². The second-order valence-corrected chi connectivity index (χ2v) is 7.09. The smallest absolute Gasteiger partial charge is 0.173 e. The van der Waals surface area contributed by atoms with Crippen LogP contribution < -0.4 is 5.32 Å². The first-order valence-corrected chi connectivity index (χ1v) is 9.06. The molecule has 0 amide bonds. The van der Waals surface area contributed by atoms with E-state index in [9.17, 15) is 0 Å². The lowest BCUT2D eigenvalue weighted by atomic mass is 10.1. The molecule has 0 spiro atoms. The summed E-state index contributed by atoms with van der Waals surface area (Å²) in [6.07, 6.45) is 3.63. The van der Waals surface area contributed by atoms with Crippen molar-refractivity contribution in [3.8, 4) is 0 Å². The SMILES string of the molecule is Cc1c(Cl)cccc1NC(=S)N(CCN(C)C)[C@H](C)c1ccncc1. The van der Waals surface area contributed by atoms with Crippen molar-refractivity contribution >= 4 is 34.6 Å². The Morgan fingerprint density at radius 1 is 1.20 bits per heavy atom. The summed E-state index contributed by atoms with van der Waals surface area (Å²) in [5.74, 6) is 0. The first-order valence-electron chi connectivity index (χ1n) is 8.27. The quantitative estimate of drug-likeness (QED) is 0.757. The van der Waals surface area contributed by atoms with Gasteiger partial charge in [-0.15, -0.1) is 0 Å². The van der Waals surface area contributed by atoms with E-state index in [1.54, 1.807) is 0 Å². The van der Waals surface area contributed by atoms with Gasteiger partial charge in [0.05, 0.1) is 6.04 Å². The molecule has 0 bridgehead atoms. The number of pyridine rings is 1. The summed E-state index contributed by atoms with van der Waals surface area (Å²) in [4.78, 5) is 8.46. The number of benzene rings is 1. The van der Waals surface area contributed by atoms with Crippen molar-refractivity contribution in [3.63, 3.8) is 0 Å². The highest BCUT2D eigenvalue weighted by atomic mass is 35.5. The van der Waals surface area contributed by atoms with Crippen LogP contribution >= 0.6 is 23.8 Å². The topological polar surface area (TPSA) is 31.4 Å². The average Bonchev–Trinajstić information content (AvgIpc) is 2.59. The van der Waals surface area contributed by atoms with Gasteiger partial charge >= 0.3 is 0 Å². The predicted octanol–water partition coefficient (Wildman–Crippen LogP) is 4.37. The van der Waals surface area contributed by atoms with Crippen molar-refractivity contribution in [1.82, 2.24) is 14.8 Å². The number of hydrogen-bond acceptors (Lipinski definition) is 3. The molecule has 2 rings (SSSR count).